The first-order valence-corrected chi connectivity index (χ1v) is 11.8. The van der Waals surface area contributed by atoms with E-state index in [1.54, 1.807) is 30.3 Å². The fourth-order valence-corrected chi connectivity index (χ4v) is 3.86. The molecule has 9 heteroatoms. The zero-order valence-corrected chi connectivity index (χ0v) is 18.7. The maximum atomic E-state index is 14.1. The van der Waals surface area contributed by atoms with Crippen LogP contribution in [-0.2, 0) is 14.8 Å². The summed E-state index contributed by atoms with van der Waals surface area (Å²) in [5.41, 5.74) is 0.668. The molecule has 0 atom stereocenters. The van der Waals surface area contributed by atoms with Gasteiger partial charge in [0.15, 0.2) is 0 Å². The molecule has 0 aliphatic carbocycles. The van der Waals surface area contributed by atoms with Gasteiger partial charge in [-0.25, -0.2) is 12.8 Å². The van der Waals surface area contributed by atoms with Crippen molar-refractivity contribution in [3.63, 3.8) is 0 Å². The van der Waals surface area contributed by atoms with Gasteiger partial charge in [-0.2, -0.15) is 0 Å². The molecule has 0 radical (unpaired) electrons. The Bertz CT molecular complexity index is 1020. The zero-order chi connectivity index (χ0) is 23.0. The van der Waals surface area contributed by atoms with E-state index >= 15 is 0 Å². The number of halogens is 1. The molecule has 2 N–H and O–H groups in total. The van der Waals surface area contributed by atoms with Crippen LogP contribution < -0.4 is 14.9 Å². The molecule has 7 nitrogen and oxygen atoms in total. The summed E-state index contributed by atoms with van der Waals surface area (Å²) in [4.78, 5) is 24.8. The van der Waals surface area contributed by atoms with Crippen molar-refractivity contribution in [1.82, 2.24) is 5.32 Å². The highest BCUT2D eigenvalue weighted by Gasteiger charge is 2.21. The third-order valence-corrected chi connectivity index (χ3v) is 5.58. The van der Waals surface area contributed by atoms with Crippen LogP contribution in [0, 0.1) is 11.7 Å². The van der Waals surface area contributed by atoms with Gasteiger partial charge in [0.1, 0.15) is 5.82 Å². The van der Waals surface area contributed by atoms with E-state index < -0.39 is 15.8 Å². The Morgan fingerprint density at radius 1 is 1.06 bits per heavy atom. The summed E-state index contributed by atoms with van der Waals surface area (Å²) in [5.74, 6) is -1.02. The zero-order valence-electron chi connectivity index (χ0n) is 17.9. The first-order valence-electron chi connectivity index (χ1n) is 9.99. The van der Waals surface area contributed by atoms with Gasteiger partial charge in [-0.3, -0.25) is 13.9 Å². The minimum absolute atomic E-state index is 0.00240. The third-order valence-electron chi connectivity index (χ3n) is 4.40. The van der Waals surface area contributed by atoms with Crippen LogP contribution in [0.15, 0.2) is 48.5 Å². The first-order chi connectivity index (χ1) is 14.6. The van der Waals surface area contributed by atoms with E-state index in [4.69, 9.17) is 0 Å². The maximum Gasteiger partial charge on any atom is 0.253 e. The van der Waals surface area contributed by atoms with Crippen LogP contribution in [0.3, 0.4) is 0 Å². The minimum Gasteiger partial charge on any atom is -0.352 e. The highest BCUT2D eigenvalue weighted by Crippen LogP contribution is 2.22. The summed E-state index contributed by atoms with van der Waals surface area (Å²) in [6, 6.07) is 12.2. The van der Waals surface area contributed by atoms with Gasteiger partial charge < -0.3 is 10.6 Å². The SMILES string of the molecule is CC(C)CNC(=O)c1ccccc1NC(=O)CCCN(c1ccccc1F)S(C)(=O)=O. The summed E-state index contributed by atoms with van der Waals surface area (Å²) >= 11 is 0. The summed E-state index contributed by atoms with van der Waals surface area (Å²) in [7, 11) is -3.72. The van der Waals surface area contributed by atoms with Gasteiger partial charge >= 0.3 is 0 Å². The number of sulfonamides is 1. The molecule has 0 spiro atoms. The van der Waals surface area contributed by atoms with Gasteiger partial charge in [0.25, 0.3) is 5.91 Å². The summed E-state index contributed by atoms with van der Waals surface area (Å²) in [6.07, 6.45) is 1.17. The molecule has 2 aromatic rings. The predicted molar refractivity (Wildman–Crippen MR) is 120 cm³/mol. The van der Waals surface area contributed by atoms with Crippen molar-refractivity contribution in [3.8, 4) is 0 Å². The van der Waals surface area contributed by atoms with Gasteiger partial charge in [0, 0.05) is 19.5 Å². The molecular formula is C22H28FN3O4S. The molecule has 0 aliphatic heterocycles. The number of rotatable bonds is 10. The molecular weight excluding hydrogens is 421 g/mol. The van der Waals surface area contributed by atoms with Crippen LogP contribution in [0.25, 0.3) is 0 Å². The second-order valence-electron chi connectivity index (χ2n) is 7.59. The van der Waals surface area contributed by atoms with E-state index in [2.05, 4.69) is 10.6 Å². The lowest BCUT2D eigenvalue weighted by atomic mass is 10.1. The van der Waals surface area contributed by atoms with Crippen molar-refractivity contribution in [2.24, 2.45) is 5.92 Å². The lowest BCUT2D eigenvalue weighted by Crippen LogP contribution is -2.32. The summed E-state index contributed by atoms with van der Waals surface area (Å²) < 4.78 is 39.2. The van der Waals surface area contributed by atoms with Crippen molar-refractivity contribution in [3.05, 3.63) is 59.9 Å². The number of nitrogens with zero attached hydrogens (tertiary/aromatic N) is 1. The smallest absolute Gasteiger partial charge is 0.253 e. The number of benzene rings is 2. The molecule has 2 aromatic carbocycles. The number of nitrogens with one attached hydrogen (secondary N) is 2. The van der Waals surface area contributed by atoms with E-state index in [1.807, 2.05) is 13.8 Å². The third kappa shape index (κ3) is 7.36. The molecule has 2 amide bonds. The van der Waals surface area contributed by atoms with Crippen LogP contribution in [-0.4, -0.2) is 39.6 Å². The highest BCUT2D eigenvalue weighted by atomic mass is 32.2. The van der Waals surface area contributed by atoms with Crippen molar-refractivity contribution in [1.29, 1.82) is 0 Å². The van der Waals surface area contributed by atoms with E-state index in [9.17, 15) is 22.4 Å². The van der Waals surface area contributed by atoms with E-state index in [0.29, 0.717) is 17.8 Å². The van der Waals surface area contributed by atoms with Gasteiger partial charge in [-0.05, 0) is 36.6 Å². The molecule has 31 heavy (non-hydrogen) atoms. The lowest BCUT2D eigenvalue weighted by molar-refractivity contribution is -0.116. The van der Waals surface area contributed by atoms with Gasteiger partial charge in [0.2, 0.25) is 15.9 Å². The van der Waals surface area contributed by atoms with E-state index in [0.717, 1.165) is 10.6 Å². The second-order valence-corrected chi connectivity index (χ2v) is 9.49. The molecule has 0 bridgehead atoms. The molecule has 0 aromatic heterocycles. The number of hydrogen-bond donors (Lipinski definition) is 2. The topological polar surface area (TPSA) is 95.6 Å². The second kappa shape index (κ2) is 10.9. The van der Waals surface area contributed by atoms with Gasteiger partial charge in [-0.1, -0.05) is 38.1 Å². The molecule has 0 heterocycles. The number of para-hydroxylation sites is 2. The van der Waals surface area contributed by atoms with Crippen LogP contribution in [0.4, 0.5) is 15.8 Å². The molecule has 0 unspecified atom stereocenters. The van der Waals surface area contributed by atoms with Gasteiger partial charge in [-0.15, -0.1) is 0 Å². The number of anilines is 2. The van der Waals surface area contributed by atoms with Crippen molar-refractivity contribution >= 4 is 33.2 Å². The molecule has 0 aliphatic rings. The molecule has 168 valence electrons. The maximum absolute atomic E-state index is 14.1. The number of carbonyl (C=O) groups is 2. The Hall–Kier alpha value is -2.94. The summed E-state index contributed by atoms with van der Waals surface area (Å²) in [6.45, 7) is 4.42. The fraction of sp³-hybridized carbons (Fsp3) is 0.364. The number of carbonyl (C=O) groups excluding carboxylic acids is 2. The monoisotopic (exact) mass is 449 g/mol. The number of amides is 2. The van der Waals surface area contributed by atoms with E-state index in [1.165, 1.54) is 18.2 Å². The fourth-order valence-electron chi connectivity index (χ4n) is 2.90. The Morgan fingerprint density at radius 2 is 1.71 bits per heavy atom. The van der Waals surface area contributed by atoms with Crippen LogP contribution in [0.5, 0.6) is 0 Å². The average molecular weight is 450 g/mol. The largest absolute Gasteiger partial charge is 0.352 e. The standard InChI is InChI=1S/C22H28FN3O4S/c1-16(2)15-24-22(28)17-9-4-6-11-19(17)25-21(27)13-8-14-26(31(3,29)30)20-12-7-5-10-18(20)23/h4-7,9-12,16H,8,13-15H2,1-3H3,(H,24,28)(H,25,27). The van der Waals surface area contributed by atoms with Crippen LogP contribution in [0.1, 0.15) is 37.0 Å². The van der Waals surface area contributed by atoms with Crippen molar-refractivity contribution in [2.75, 3.05) is 29.0 Å². The lowest BCUT2D eigenvalue weighted by Gasteiger charge is -2.22. The summed E-state index contributed by atoms with van der Waals surface area (Å²) in [5, 5.41) is 5.51. The Balaban J connectivity index is 2.01. The van der Waals surface area contributed by atoms with Crippen LogP contribution in [0.2, 0.25) is 0 Å². The normalized spacial score (nSPS) is 11.3. The van der Waals surface area contributed by atoms with Crippen molar-refractivity contribution in [2.45, 2.75) is 26.7 Å². The van der Waals surface area contributed by atoms with Gasteiger partial charge in [0.05, 0.1) is 23.2 Å². The van der Waals surface area contributed by atoms with Crippen molar-refractivity contribution < 1.29 is 22.4 Å². The average Bonchev–Trinajstić information content (AvgIpc) is 2.69. The Kier molecular flexibility index (Phi) is 8.56. The minimum atomic E-state index is -3.72. The molecule has 0 saturated heterocycles. The molecule has 0 fully saturated rings. The quantitative estimate of drug-likeness (QED) is 0.581. The van der Waals surface area contributed by atoms with Crippen LogP contribution >= 0.6 is 0 Å². The molecule has 0 saturated carbocycles. The predicted octanol–water partition coefficient (Wildman–Crippen LogP) is 3.40. The highest BCUT2D eigenvalue weighted by molar-refractivity contribution is 7.92. The Morgan fingerprint density at radius 3 is 2.35 bits per heavy atom. The number of hydrogen-bond acceptors (Lipinski definition) is 4. The first kappa shape index (κ1) is 24.3. The molecule has 2 rings (SSSR count). The Labute approximate surface area is 182 Å². The van der Waals surface area contributed by atoms with E-state index in [-0.39, 0.29) is 42.8 Å².